The molecule has 112 valence electrons. The molecule has 1 aliphatic heterocycles. The molecule has 0 N–H and O–H groups in total. The molecule has 1 atom stereocenters. The van der Waals surface area contributed by atoms with Crippen molar-refractivity contribution in [1.29, 1.82) is 0 Å². The third kappa shape index (κ3) is 4.50. The van der Waals surface area contributed by atoms with Gasteiger partial charge >= 0.3 is 5.97 Å². The molecule has 0 spiro atoms. The Hall–Kier alpha value is -1.06. The van der Waals surface area contributed by atoms with Gasteiger partial charge in [-0.2, -0.15) is 0 Å². The molecule has 0 amide bonds. The average molecular weight is 298 g/mol. The van der Waals surface area contributed by atoms with E-state index in [0.717, 1.165) is 31.5 Å². The van der Waals surface area contributed by atoms with Crippen molar-refractivity contribution in [3.63, 3.8) is 0 Å². The largest absolute Gasteiger partial charge is 0.462 e. The van der Waals surface area contributed by atoms with Crippen LogP contribution in [-0.2, 0) is 9.53 Å². The lowest BCUT2D eigenvalue weighted by Gasteiger charge is -2.33. The van der Waals surface area contributed by atoms with Crippen molar-refractivity contribution in [2.45, 2.75) is 45.3 Å². The van der Waals surface area contributed by atoms with Gasteiger partial charge in [-0.15, -0.1) is 12.4 Å². The minimum Gasteiger partial charge on any atom is -0.462 e. The molecule has 0 aromatic heterocycles. The maximum Gasteiger partial charge on any atom is 0.328 e. The Morgan fingerprint density at radius 1 is 1.10 bits per heavy atom. The monoisotopic (exact) mass is 297 g/mol. The molecule has 1 aliphatic rings. The van der Waals surface area contributed by atoms with Crippen molar-refractivity contribution in [2.24, 2.45) is 0 Å². The highest BCUT2D eigenvalue weighted by atomic mass is 35.5. The van der Waals surface area contributed by atoms with Gasteiger partial charge in [-0.05, 0) is 45.3 Å². The molecule has 3 nitrogen and oxygen atoms in total. The summed E-state index contributed by atoms with van der Waals surface area (Å²) >= 11 is 0. The van der Waals surface area contributed by atoms with E-state index in [9.17, 15) is 4.79 Å². The lowest BCUT2D eigenvalue weighted by molar-refractivity contribution is -0.154. The number of carbonyl (C=O) groups excluding carboxylic acids is 1. The second-order valence-electron chi connectivity index (χ2n) is 5.40. The van der Waals surface area contributed by atoms with Crippen molar-refractivity contribution < 1.29 is 9.53 Å². The number of ether oxygens (including phenoxy) is 1. The van der Waals surface area contributed by atoms with Gasteiger partial charge in [0.15, 0.2) is 0 Å². The van der Waals surface area contributed by atoms with Gasteiger partial charge < -0.3 is 4.74 Å². The number of hydrogen-bond acceptors (Lipinski definition) is 3. The third-order valence-corrected chi connectivity index (χ3v) is 3.45. The van der Waals surface area contributed by atoms with Crippen LogP contribution in [0.15, 0.2) is 30.3 Å². The smallest absolute Gasteiger partial charge is 0.328 e. The first-order chi connectivity index (χ1) is 9.18. The quantitative estimate of drug-likeness (QED) is 0.796. The zero-order valence-electron chi connectivity index (χ0n) is 12.2. The summed E-state index contributed by atoms with van der Waals surface area (Å²) in [5.74, 6) is -0.122. The molecule has 0 saturated carbocycles. The summed E-state index contributed by atoms with van der Waals surface area (Å²) in [6, 6.07) is 9.72. The molecule has 1 fully saturated rings. The van der Waals surface area contributed by atoms with Crippen LogP contribution in [0, 0.1) is 0 Å². The molecule has 0 aliphatic carbocycles. The second-order valence-corrected chi connectivity index (χ2v) is 5.40. The van der Waals surface area contributed by atoms with Crippen LogP contribution in [0.3, 0.4) is 0 Å². The summed E-state index contributed by atoms with van der Waals surface area (Å²) in [6.45, 7) is 5.76. The SMILES string of the molecule is CC(C)OC(=O)C(c1ccccc1)N1CCCCC1.Cl. The van der Waals surface area contributed by atoms with Gasteiger partial charge in [-0.3, -0.25) is 4.90 Å². The van der Waals surface area contributed by atoms with Crippen molar-refractivity contribution in [3.8, 4) is 0 Å². The number of halogens is 1. The van der Waals surface area contributed by atoms with Crippen molar-refractivity contribution in [3.05, 3.63) is 35.9 Å². The number of likely N-dealkylation sites (tertiary alicyclic amines) is 1. The first kappa shape index (κ1) is 17.0. The van der Waals surface area contributed by atoms with E-state index in [-0.39, 0.29) is 30.5 Å². The van der Waals surface area contributed by atoms with E-state index in [4.69, 9.17) is 4.74 Å². The molecular formula is C16H24ClNO2. The number of rotatable bonds is 4. The molecule has 0 bridgehead atoms. The van der Waals surface area contributed by atoms with Crippen LogP contribution >= 0.6 is 12.4 Å². The maximum absolute atomic E-state index is 12.4. The normalized spacial score (nSPS) is 17.4. The summed E-state index contributed by atoms with van der Waals surface area (Å²) in [5.41, 5.74) is 1.04. The Morgan fingerprint density at radius 2 is 1.70 bits per heavy atom. The zero-order chi connectivity index (χ0) is 13.7. The lowest BCUT2D eigenvalue weighted by atomic mass is 10.0. The van der Waals surface area contributed by atoms with Crippen molar-refractivity contribution in [1.82, 2.24) is 4.90 Å². The highest BCUT2D eigenvalue weighted by Gasteiger charge is 2.30. The Balaban J connectivity index is 0.00000200. The van der Waals surface area contributed by atoms with Crippen LogP contribution < -0.4 is 0 Å². The van der Waals surface area contributed by atoms with Crippen molar-refractivity contribution in [2.75, 3.05) is 13.1 Å². The average Bonchev–Trinajstić information content (AvgIpc) is 2.40. The first-order valence-corrected chi connectivity index (χ1v) is 7.18. The van der Waals surface area contributed by atoms with E-state index in [1.165, 1.54) is 6.42 Å². The van der Waals surface area contributed by atoms with Crippen LogP contribution in [0.4, 0.5) is 0 Å². The van der Waals surface area contributed by atoms with Gasteiger partial charge in [-0.25, -0.2) is 4.79 Å². The van der Waals surface area contributed by atoms with Crippen LogP contribution in [-0.4, -0.2) is 30.1 Å². The summed E-state index contributed by atoms with van der Waals surface area (Å²) in [6.07, 6.45) is 3.52. The van der Waals surface area contributed by atoms with Gasteiger partial charge in [0.2, 0.25) is 0 Å². The number of piperidine rings is 1. The van der Waals surface area contributed by atoms with Gasteiger partial charge in [0.1, 0.15) is 6.04 Å². The van der Waals surface area contributed by atoms with Gasteiger partial charge in [0, 0.05) is 0 Å². The van der Waals surface area contributed by atoms with Gasteiger partial charge in [0.05, 0.1) is 6.10 Å². The van der Waals surface area contributed by atoms with Crippen LogP contribution in [0.2, 0.25) is 0 Å². The predicted molar refractivity (Wildman–Crippen MR) is 83.1 cm³/mol. The molecule has 1 saturated heterocycles. The number of esters is 1. The van der Waals surface area contributed by atoms with E-state index in [2.05, 4.69) is 4.90 Å². The topological polar surface area (TPSA) is 29.5 Å². The molecule has 2 rings (SSSR count). The van der Waals surface area contributed by atoms with Crippen LogP contribution in [0.25, 0.3) is 0 Å². The van der Waals surface area contributed by atoms with E-state index < -0.39 is 0 Å². The Labute approximate surface area is 127 Å². The standard InChI is InChI=1S/C16H23NO2.ClH/c1-13(2)19-16(18)15(14-9-5-3-6-10-14)17-11-7-4-8-12-17;/h3,5-6,9-10,13,15H,4,7-8,11-12H2,1-2H3;1H. The lowest BCUT2D eigenvalue weighted by Crippen LogP contribution is -2.39. The summed E-state index contributed by atoms with van der Waals surface area (Å²) < 4.78 is 5.44. The highest BCUT2D eigenvalue weighted by molar-refractivity contribution is 5.85. The minimum atomic E-state index is -0.246. The highest BCUT2D eigenvalue weighted by Crippen LogP contribution is 2.26. The second kappa shape index (κ2) is 8.28. The fourth-order valence-corrected chi connectivity index (χ4v) is 2.60. The van der Waals surface area contributed by atoms with E-state index in [1.54, 1.807) is 0 Å². The van der Waals surface area contributed by atoms with Crippen molar-refractivity contribution >= 4 is 18.4 Å². The summed E-state index contributed by atoms with van der Waals surface area (Å²) in [5, 5.41) is 0. The summed E-state index contributed by atoms with van der Waals surface area (Å²) in [7, 11) is 0. The van der Waals surface area contributed by atoms with Gasteiger partial charge in [0.25, 0.3) is 0 Å². The Morgan fingerprint density at radius 3 is 2.25 bits per heavy atom. The molecule has 0 radical (unpaired) electrons. The number of nitrogens with zero attached hydrogens (tertiary/aromatic N) is 1. The molecular weight excluding hydrogens is 274 g/mol. The summed E-state index contributed by atoms with van der Waals surface area (Å²) in [4.78, 5) is 14.6. The van der Waals surface area contributed by atoms with E-state index in [0.29, 0.717) is 0 Å². The zero-order valence-corrected chi connectivity index (χ0v) is 13.1. The molecule has 1 aromatic rings. The first-order valence-electron chi connectivity index (χ1n) is 7.18. The van der Waals surface area contributed by atoms with E-state index in [1.807, 2.05) is 44.2 Å². The van der Waals surface area contributed by atoms with Crippen LogP contribution in [0.5, 0.6) is 0 Å². The minimum absolute atomic E-state index is 0. The number of carbonyl (C=O) groups is 1. The fourth-order valence-electron chi connectivity index (χ4n) is 2.60. The predicted octanol–water partition coefficient (Wildman–Crippen LogP) is 3.59. The van der Waals surface area contributed by atoms with E-state index >= 15 is 0 Å². The Kier molecular flexibility index (Phi) is 7.03. The molecule has 1 aromatic carbocycles. The molecule has 1 unspecified atom stereocenters. The fraction of sp³-hybridized carbons (Fsp3) is 0.562. The van der Waals surface area contributed by atoms with Gasteiger partial charge in [-0.1, -0.05) is 36.8 Å². The third-order valence-electron chi connectivity index (χ3n) is 3.45. The Bertz CT molecular complexity index is 402. The van der Waals surface area contributed by atoms with Crippen LogP contribution in [0.1, 0.15) is 44.7 Å². The molecule has 20 heavy (non-hydrogen) atoms. The number of benzene rings is 1. The number of hydrogen-bond donors (Lipinski definition) is 0. The molecule has 1 heterocycles. The molecule has 4 heteroatoms. The maximum atomic E-state index is 12.4.